The van der Waals surface area contributed by atoms with Crippen molar-refractivity contribution in [1.82, 2.24) is 0 Å². The molecule has 0 spiro atoms. The summed E-state index contributed by atoms with van der Waals surface area (Å²) in [5, 5.41) is 0. The zero-order valence-electron chi connectivity index (χ0n) is 62.7. The maximum atomic E-state index is 12.9. The molecular weight excluding hydrogens is 1180 g/mol. The van der Waals surface area contributed by atoms with Gasteiger partial charge in [-0.3, -0.25) is 14.2 Å². The van der Waals surface area contributed by atoms with Gasteiger partial charge in [-0.25, -0.2) is 0 Å². The van der Waals surface area contributed by atoms with E-state index >= 15 is 0 Å². The number of phosphoric acid groups is 1. The second-order valence-electron chi connectivity index (χ2n) is 28.4. The average molecular weight is 1340 g/mol. The Labute approximate surface area is 583 Å². The molecule has 0 rings (SSSR count). The van der Waals surface area contributed by atoms with Gasteiger partial charge in [0.05, 0.1) is 27.7 Å². The zero-order chi connectivity index (χ0) is 68.3. The van der Waals surface area contributed by atoms with Crippen molar-refractivity contribution in [2.24, 2.45) is 0 Å². The molecule has 0 aromatic carbocycles. The predicted octanol–water partition coefficient (Wildman–Crippen LogP) is 26.2. The van der Waals surface area contributed by atoms with Crippen molar-refractivity contribution in [2.45, 2.75) is 392 Å². The number of unbranched alkanes of at least 4 members (excludes halogenated alkanes) is 47. The van der Waals surface area contributed by atoms with Crippen LogP contribution in [0.4, 0.5) is 0 Å². The molecule has 0 N–H and O–H groups in total. The topological polar surface area (TPSA) is 111 Å². The summed E-state index contributed by atoms with van der Waals surface area (Å²) in [6, 6.07) is 0. The summed E-state index contributed by atoms with van der Waals surface area (Å²) in [7, 11) is 1.18. The number of carbonyl (C=O) groups is 2. The van der Waals surface area contributed by atoms with Crippen molar-refractivity contribution < 1.29 is 42.1 Å². The molecule has 0 heterocycles. The molecule has 2 atom stereocenters. The SMILES string of the molecule is CC/C=C\C/C=C\C/C=C\C/C=C\C/C=C\C/C=C\CCCCCCCCCCCCCCCCCCC(=O)OC(COC(=O)CCCCCCCCCCCCCCCCCCCCCCCCC/C=C\CCCCCCCCCC)COP(=O)([O-])OCC[N+](C)(C)C. The Hall–Kier alpha value is -2.81. The predicted molar refractivity (Wildman–Crippen MR) is 406 cm³/mol. The maximum absolute atomic E-state index is 12.9. The number of nitrogens with zero attached hydrogens (tertiary/aromatic N) is 1. The van der Waals surface area contributed by atoms with Gasteiger partial charge in [0.25, 0.3) is 7.82 Å². The number of ether oxygens (including phenoxy) is 2. The Morgan fingerprint density at radius 3 is 0.915 bits per heavy atom. The molecule has 0 aliphatic heterocycles. The van der Waals surface area contributed by atoms with Crippen LogP contribution < -0.4 is 4.89 Å². The van der Waals surface area contributed by atoms with Crippen LogP contribution in [0.3, 0.4) is 0 Å². The van der Waals surface area contributed by atoms with E-state index in [1.807, 2.05) is 21.1 Å². The zero-order valence-corrected chi connectivity index (χ0v) is 63.6. The summed E-state index contributed by atoms with van der Waals surface area (Å²) in [6.07, 6.45) is 103. The summed E-state index contributed by atoms with van der Waals surface area (Å²) < 4.78 is 34.4. The van der Waals surface area contributed by atoms with E-state index in [0.717, 1.165) is 77.0 Å². The fraction of sp³-hybridized carbons (Fsp3) is 0.810. The van der Waals surface area contributed by atoms with Crippen LogP contribution in [0.15, 0.2) is 85.1 Å². The van der Waals surface area contributed by atoms with Gasteiger partial charge in [0.1, 0.15) is 19.8 Å². The van der Waals surface area contributed by atoms with Gasteiger partial charge in [-0.15, -0.1) is 0 Å². The molecule has 548 valence electrons. The molecule has 9 nitrogen and oxygen atoms in total. The van der Waals surface area contributed by atoms with Gasteiger partial charge in [0.15, 0.2) is 6.10 Å². The van der Waals surface area contributed by atoms with Crippen molar-refractivity contribution in [3.63, 3.8) is 0 Å². The molecule has 0 radical (unpaired) electrons. The lowest BCUT2D eigenvalue weighted by Gasteiger charge is -2.28. The minimum absolute atomic E-state index is 0.0306. The Morgan fingerprint density at radius 1 is 0.340 bits per heavy atom. The standard InChI is InChI=1S/C84H154NO8P/c1-6-8-10-12-14-16-18-20-22-24-26-28-30-32-34-36-38-40-42-44-46-48-50-52-54-56-58-60-62-64-66-68-70-72-74-76-83(86)90-80-82(81-92-94(88,89)91-79-78-85(3,4)5)93-84(87)77-75-73-71-69-67-65-63-61-59-57-55-53-51-49-47-45-43-41-39-37-35-33-31-29-27-25-23-21-19-17-15-13-11-9-7-2/h9,11,15,17,21,23-24,26-27,29,33,35,39,41,82H,6-8,10,12-14,16,18-20,22,25,28,30-32,34,36-38,40,42-81H2,1-5H3/b11-9-,17-15-,23-21-,26-24-,29-27-,35-33-,41-39-. The first kappa shape index (κ1) is 91.2. The van der Waals surface area contributed by atoms with Gasteiger partial charge in [-0.2, -0.15) is 0 Å². The number of esters is 2. The van der Waals surface area contributed by atoms with Crippen LogP contribution in [0, 0.1) is 0 Å². The number of quaternary nitrogens is 1. The lowest BCUT2D eigenvalue weighted by molar-refractivity contribution is -0.870. The molecule has 0 fully saturated rings. The van der Waals surface area contributed by atoms with E-state index in [1.54, 1.807) is 0 Å². The van der Waals surface area contributed by atoms with E-state index in [1.165, 1.54) is 276 Å². The smallest absolute Gasteiger partial charge is 0.306 e. The quantitative estimate of drug-likeness (QED) is 0.0195. The normalized spacial score (nSPS) is 13.5. The first-order valence-electron chi connectivity index (χ1n) is 40.3. The second kappa shape index (κ2) is 74.4. The van der Waals surface area contributed by atoms with Crippen molar-refractivity contribution in [3.05, 3.63) is 85.1 Å². The van der Waals surface area contributed by atoms with Gasteiger partial charge in [0, 0.05) is 12.8 Å². The second-order valence-corrected chi connectivity index (χ2v) is 29.8. The maximum Gasteiger partial charge on any atom is 0.306 e. The van der Waals surface area contributed by atoms with E-state index in [-0.39, 0.29) is 32.0 Å². The fourth-order valence-electron chi connectivity index (χ4n) is 11.8. The summed E-state index contributed by atoms with van der Waals surface area (Å²) in [5.74, 6) is -0.816. The third kappa shape index (κ3) is 78.2. The number of carbonyl (C=O) groups excluding carboxylic acids is 2. The van der Waals surface area contributed by atoms with Gasteiger partial charge in [-0.1, -0.05) is 369 Å². The Morgan fingerprint density at radius 2 is 0.606 bits per heavy atom. The molecule has 0 aromatic rings. The van der Waals surface area contributed by atoms with Crippen LogP contribution in [-0.2, 0) is 32.7 Å². The van der Waals surface area contributed by atoms with Crippen molar-refractivity contribution >= 4 is 19.8 Å². The van der Waals surface area contributed by atoms with Gasteiger partial charge in [-0.05, 0) is 89.9 Å². The van der Waals surface area contributed by atoms with Crippen LogP contribution in [0.2, 0.25) is 0 Å². The average Bonchev–Trinajstić information content (AvgIpc) is 1.68. The Bertz CT molecular complexity index is 1860. The molecule has 0 aliphatic rings. The highest BCUT2D eigenvalue weighted by molar-refractivity contribution is 7.45. The first-order valence-corrected chi connectivity index (χ1v) is 41.8. The molecule has 10 heteroatoms. The highest BCUT2D eigenvalue weighted by Gasteiger charge is 2.22. The van der Waals surface area contributed by atoms with Crippen LogP contribution >= 0.6 is 7.82 Å². The number of allylic oxidation sites excluding steroid dienone is 14. The van der Waals surface area contributed by atoms with Crippen LogP contribution in [0.1, 0.15) is 386 Å². The third-order valence-electron chi connectivity index (χ3n) is 17.9. The lowest BCUT2D eigenvalue weighted by Crippen LogP contribution is -2.37. The molecule has 0 saturated heterocycles. The molecule has 0 bridgehead atoms. The molecule has 94 heavy (non-hydrogen) atoms. The van der Waals surface area contributed by atoms with Crippen LogP contribution in [0.25, 0.3) is 0 Å². The molecule has 0 amide bonds. The summed E-state index contributed by atoms with van der Waals surface area (Å²) in [4.78, 5) is 38.2. The highest BCUT2D eigenvalue weighted by atomic mass is 31.2. The van der Waals surface area contributed by atoms with Gasteiger partial charge < -0.3 is 27.9 Å². The first-order chi connectivity index (χ1) is 46.0. The monoisotopic (exact) mass is 1340 g/mol. The number of hydrogen-bond acceptors (Lipinski definition) is 8. The fourth-order valence-corrected chi connectivity index (χ4v) is 12.5. The molecule has 0 aromatic heterocycles. The Balaban J connectivity index is 3.94. The largest absolute Gasteiger partial charge is 0.756 e. The van der Waals surface area contributed by atoms with E-state index in [9.17, 15) is 19.0 Å². The number of likely N-dealkylation sites (N-methyl/N-ethyl adjacent to an activating group) is 1. The summed E-state index contributed by atoms with van der Waals surface area (Å²) in [6.45, 7) is 4.18. The number of hydrogen-bond donors (Lipinski definition) is 0. The lowest BCUT2D eigenvalue weighted by atomic mass is 10.0. The van der Waals surface area contributed by atoms with Crippen LogP contribution in [0.5, 0.6) is 0 Å². The minimum atomic E-state index is -4.65. The number of phosphoric ester groups is 1. The third-order valence-corrected chi connectivity index (χ3v) is 18.9. The van der Waals surface area contributed by atoms with Crippen LogP contribution in [-0.4, -0.2) is 70.0 Å². The number of rotatable bonds is 75. The summed E-state index contributed by atoms with van der Waals surface area (Å²) >= 11 is 0. The van der Waals surface area contributed by atoms with E-state index in [4.69, 9.17) is 18.5 Å². The van der Waals surface area contributed by atoms with Gasteiger partial charge >= 0.3 is 11.9 Å². The minimum Gasteiger partial charge on any atom is -0.756 e. The van der Waals surface area contributed by atoms with E-state index in [0.29, 0.717) is 17.4 Å². The van der Waals surface area contributed by atoms with E-state index < -0.39 is 26.5 Å². The molecule has 0 saturated carbocycles. The van der Waals surface area contributed by atoms with E-state index in [2.05, 4.69) is 98.9 Å². The molecule has 2 unspecified atom stereocenters. The van der Waals surface area contributed by atoms with Gasteiger partial charge in [0.2, 0.25) is 0 Å². The molecular formula is C84H154NO8P. The van der Waals surface area contributed by atoms with Crippen molar-refractivity contribution in [1.29, 1.82) is 0 Å². The Kier molecular flexibility index (Phi) is 72.2. The molecule has 0 aliphatic carbocycles. The summed E-state index contributed by atoms with van der Waals surface area (Å²) in [5.41, 5.74) is 0. The van der Waals surface area contributed by atoms with Crippen molar-refractivity contribution in [2.75, 3.05) is 47.5 Å². The van der Waals surface area contributed by atoms with Crippen molar-refractivity contribution in [3.8, 4) is 0 Å². The highest BCUT2D eigenvalue weighted by Crippen LogP contribution is 2.38.